The molecule has 1 radical (unpaired) electrons. The molecule has 0 N–H and O–H groups in total. The number of thiophene rings is 1. The van der Waals surface area contributed by atoms with Gasteiger partial charge in [-0.3, -0.25) is 0 Å². The fourth-order valence-corrected chi connectivity index (χ4v) is 6.43. The van der Waals surface area contributed by atoms with E-state index in [-0.39, 0.29) is 25.5 Å². The topological polar surface area (TPSA) is 38.9 Å². The number of hydrogen-bond acceptors (Lipinski definition) is 4. The first-order chi connectivity index (χ1) is 20.9. The van der Waals surface area contributed by atoms with Crippen LogP contribution in [0.15, 0.2) is 77.5 Å². The van der Waals surface area contributed by atoms with Crippen LogP contribution < -0.4 is 0 Å². The second-order valence-corrected chi connectivity index (χ2v) is 14.4. The van der Waals surface area contributed by atoms with Crippen LogP contribution in [0, 0.1) is 52.2 Å². The summed E-state index contributed by atoms with van der Waals surface area (Å²) in [5.74, 6) is 0. The molecule has 0 bridgehead atoms. The normalized spacial score (nSPS) is 11.5. The number of hydrogen-bond donors (Lipinski definition) is 0. The summed E-state index contributed by atoms with van der Waals surface area (Å²) in [6.45, 7) is 17.3. The Morgan fingerprint density at radius 1 is 0.778 bits per heavy atom. The van der Waals surface area contributed by atoms with E-state index in [0.29, 0.717) is 0 Å². The maximum absolute atomic E-state index is 6.36. The smallest absolute Gasteiger partial charge is 0.122 e. The molecule has 0 unspecified atom stereocenters. The molecular formula is C40H38IrN2OS-2. The average molecular weight is 787 g/mol. The molecule has 45 heavy (non-hydrogen) atoms. The van der Waals surface area contributed by atoms with Crippen LogP contribution >= 0.6 is 11.3 Å². The van der Waals surface area contributed by atoms with E-state index in [1.54, 1.807) is 11.3 Å². The van der Waals surface area contributed by atoms with E-state index in [1.807, 2.05) is 24.5 Å². The van der Waals surface area contributed by atoms with Gasteiger partial charge in [0.2, 0.25) is 0 Å². The second-order valence-electron chi connectivity index (χ2n) is 13.1. The number of rotatable bonds is 3. The Hall–Kier alpha value is -3.63. The maximum atomic E-state index is 6.36. The first-order valence-electron chi connectivity index (χ1n) is 15.1. The van der Waals surface area contributed by atoms with Gasteiger partial charge in [-0.15, -0.1) is 64.9 Å². The number of aromatic nitrogens is 2. The van der Waals surface area contributed by atoms with Crippen LogP contribution in [0.3, 0.4) is 0 Å². The van der Waals surface area contributed by atoms with Gasteiger partial charge in [-0.1, -0.05) is 61.9 Å². The molecule has 0 saturated heterocycles. The second kappa shape index (κ2) is 13.0. The molecule has 0 aliphatic rings. The minimum atomic E-state index is 0. The molecule has 0 atom stereocenters. The van der Waals surface area contributed by atoms with E-state index in [0.717, 1.165) is 50.9 Å². The van der Waals surface area contributed by atoms with Gasteiger partial charge in [-0.25, -0.2) is 0 Å². The summed E-state index contributed by atoms with van der Waals surface area (Å²) >= 11 is 1.81. The third-order valence-electron chi connectivity index (χ3n) is 8.00. The fourth-order valence-electron chi connectivity index (χ4n) is 5.50. The van der Waals surface area contributed by atoms with E-state index < -0.39 is 0 Å². The van der Waals surface area contributed by atoms with E-state index in [1.165, 1.54) is 42.8 Å². The van der Waals surface area contributed by atoms with Crippen LogP contribution in [0.5, 0.6) is 0 Å². The number of nitrogens with zero attached hydrogens (tertiary/aromatic N) is 2. The number of benzene rings is 3. The Morgan fingerprint density at radius 3 is 2.24 bits per heavy atom. The van der Waals surface area contributed by atoms with Crippen molar-refractivity contribution in [3.05, 3.63) is 118 Å². The largest absolute Gasteiger partial charge is 0.501 e. The molecule has 7 aromatic rings. The molecule has 3 aromatic carbocycles. The van der Waals surface area contributed by atoms with Crippen molar-refractivity contribution in [2.45, 2.75) is 61.8 Å². The summed E-state index contributed by atoms with van der Waals surface area (Å²) in [5.41, 5.74) is 12.2. The zero-order chi connectivity index (χ0) is 31.2. The predicted molar refractivity (Wildman–Crippen MR) is 187 cm³/mol. The monoisotopic (exact) mass is 787 g/mol. The molecule has 4 aromatic heterocycles. The van der Waals surface area contributed by atoms with Gasteiger partial charge in [0.05, 0.1) is 5.58 Å². The molecule has 0 aliphatic heterocycles. The maximum Gasteiger partial charge on any atom is 0.122 e. The Bertz CT molecular complexity index is 2130. The number of fused-ring (bicyclic) bond motifs is 4. The molecule has 0 saturated carbocycles. The van der Waals surface area contributed by atoms with Crippen LogP contribution in [0.1, 0.15) is 53.5 Å². The summed E-state index contributed by atoms with van der Waals surface area (Å²) in [4.78, 5) is 10.5. The van der Waals surface area contributed by atoms with E-state index in [2.05, 4.69) is 121 Å². The van der Waals surface area contributed by atoms with Gasteiger partial charge in [0, 0.05) is 47.5 Å². The average Bonchev–Trinajstić information content (AvgIpc) is 3.52. The Balaban J connectivity index is 0.000000212. The summed E-state index contributed by atoms with van der Waals surface area (Å²) in [7, 11) is 0. The SMILES string of the molecule is Cc1c[c-]c(-c2cc(C)c(C)cn2)cc1.Cc1cc2cc3c(cc2s1)oc1c(-c2cc(CC(C)(C)C)c(C)cn2)[c-]ccc13.[Ir]. The third kappa shape index (κ3) is 7.12. The first-order valence-corrected chi connectivity index (χ1v) is 15.9. The molecule has 4 heterocycles. The van der Waals surface area contributed by atoms with Gasteiger partial charge in [-0.05, 0) is 85.6 Å². The molecule has 0 amide bonds. The van der Waals surface area contributed by atoms with Crippen molar-refractivity contribution in [1.82, 2.24) is 9.97 Å². The fraction of sp³-hybridized carbons (Fsp3) is 0.250. The predicted octanol–water partition coefficient (Wildman–Crippen LogP) is 11.3. The summed E-state index contributed by atoms with van der Waals surface area (Å²) in [5, 5.41) is 3.56. The Morgan fingerprint density at radius 2 is 1.53 bits per heavy atom. The molecule has 0 spiro atoms. The van der Waals surface area contributed by atoms with Gasteiger partial charge in [0.25, 0.3) is 0 Å². The zero-order valence-electron chi connectivity index (χ0n) is 27.2. The van der Waals surface area contributed by atoms with Gasteiger partial charge in [0.1, 0.15) is 5.58 Å². The van der Waals surface area contributed by atoms with Gasteiger partial charge < -0.3 is 14.4 Å². The van der Waals surface area contributed by atoms with Crippen molar-refractivity contribution < 1.29 is 24.5 Å². The van der Waals surface area contributed by atoms with Crippen LogP contribution in [-0.4, -0.2) is 9.97 Å². The van der Waals surface area contributed by atoms with Crippen LogP contribution in [0.25, 0.3) is 54.5 Å². The van der Waals surface area contributed by atoms with Crippen LogP contribution in [0.2, 0.25) is 0 Å². The minimum Gasteiger partial charge on any atom is -0.501 e. The molecule has 5 heteroatoms. The van der Waals surface area contributed by atoms with Crippen molar-refractivity contribution in [3.8, 4) is 22.5 Å². The van der Waals surface area contributed by atoms with Gasteiger partial charge >= 0.3 is 0 Å². The molecule has 0 fully saturated rings. The Labute approximate surface area is 284 Å². The van der Waals surface area contributed by atoms with Crippen molar-refractivity contribution in [3.63, 3.8) is 0 Å². The van der Waals surface area contributed by atoms with Gasteiger partial charge in [0.15, 0.2) is 0 Å². The van der Waals surface area contributed by atoms with E-state index >= 15 is 0 Å². The summed E-state index contributed by atoms with van der Waals surface area (Å²) in [6.07, 6.45) is 4.91. The number of furan rings is 1. The van der Waals surface area contributed by atoms with Crippen molar-refractivity contribution >= 4 is 43.4 Å². The first kappa shape index (κ1) is 32.8. The summed E-state index contributed by atoms with van der Waals surface area (Å²) < 4.78 is 7.63. The van der Waals surface area contributed by atoms with Crippen molar-refractivity contribution in [2.24, 2.45) is 5.41 Å². The molecule has 0 aliphatic carbocycles. The molecular weight excluding hydrogens is 749 g/mol. The number of pyridine rings is 2. The summed E-state index contributed by atoms with van der Waals surface area (Å²) in [6, 6.07) is 27.8. The molecule has 231 valence electrons. The van der Waals surface area contributed by atoms with Crippen molar-refractivity contribution in [2.75, 3.05) is 0 Å². The van der Waals surface area contributed by atoms with Crippen molar-refractivity contribution in [1.29, 1.82) is 0 Å². The Kier molecular flexibility index (Phi) is 9.46. The molecule has 3 nitrogen and oxygen atoms in total. The minimum absolute atomic E-state index is 0. The quantitative estimate of drug-likeness (QED) is 0.168. The zero-order valence-corrected chi connectivity index (χ0v) is 30.4. The van der Waals surface area contributed by atoms with Gasteiger partial charge in [-0.2, -0.15) is 0 Å². The van der Waals surface area contributed by atoms with E-state index in [9.17, 15) is 0 Å². The standard InChI is InChI=1S/C26H24NOS.C14H14N.Ir/c1-15-14-27-22(11-18(15)13-26(3,4)5)20-8-6-7-19-21-10-17-9-16(2)29-24(17)12-23(21)28-25(19)20;1-10-4-6-13(7-5-10)14-8-11(2)12(3)9-15-14;/h6-7,9-12,14H,13H2,1-5H3;4-6,8-9H,1-3H3;/q2*-1;. The number of aryl methyl sites for hydroxylation is 5. The van der Waals surface area contributed by atoms with Crippen LogP contribution in [-0.2, 0) is 26.5 Å². The van der Waals surface area contributed by atoms with Crippen LogP contribution in [0.4, 0.5) is 0 Å². The van der Waals surface area contributed by atoms with E-state index in [4.69, 9.17) is 9.40 Å². The molecule has 7 rings (SSSR count). The third-order valence-corrected chi connectivity index (χ3v) is 9.01.